The van der Waals surface area contributed by atoms with Crippen molar-refractivity contribution >= 4 is 16.8 Å². The van der Waals surface area contributed by atoms with Crippen LogP contribution in [0, 0.1) is 0 Å². The van der Waals surface area contributed by atoms with Crippen molar-refractivity contribution < 1.29 is 4.79 Å². The van der Waals surface area contributed by atoms with Crippen molar-refractivity contribution in [3.05, 3.63) is 70.5 Å². The molecule has 2 aromatic heterocycles. The fraction of sp³-hybridized carbons (Fsp3) is 0.333. The number of amides is 1. The number of para-hydroxylation sites is 1. The molecular formula is C21H22N4O2. The predicted octanol–water partition coefficient (Wildman–Crippen LogP) is 2.94. The van der Waals surface area contributed by atoms with E-state index in [1.165, 1.54) is 0 Å². The summed E-state index contributed by atoms with van der Waals surface area (Å²) >= 11 is 0. The first kappa shape index (κ1) is 17.4. The molecule has 138 valence electrons. The van der Waals surface area contributed by atoms with Crippen molar-refractivity contribution in [1.82, 2.24) is 19.9 Å². The molecule has 0 spiro atoms. The summed E-state index contributed by atoms with van der Waals surface area (Å²) in [7, 11) is 0. The van der Waals surface area contributed by atoms with Gasteiger partial charge in [0.2, 0.25) is 5.91 Å². The number of nitrogens with zero attached hydrogens (tertiary/aromatic N) is 3. The maximum atomic E-state index is 12.9. The largest absolute Gasteiger partial charge is 0.350 e. The number of hydrogen-bond donors (Lipinski definition) is 1. The molecule has 6 heteroatoms. The minimum atomic E-state index is -0.110. The monoisotopic (exact) mass is 362 g/mol. The molecule has 3 aromatic rings. The standard InChI is InChI=1S/C21H22N4O2/c1-14(15-5-4-12-22-13-15)23-20(26)11-10-19-24-18-7-3-2-6-17(18)21(27)25(19)16-8-9-16/h2-7,12-14,16H,8-11H2,1H3,(H,23,26). The maximum Gasteiger partial charge on any atom is 0.261 e. The van der Waals surface area contributed by atoms with Crippen LogP contribution in [0.4, 0.5) is 0 Å². The number of carbonyl (C=O) groups is 1. The molecule has 1 saturated carbocycles. The number of aryl methyl sites for hydroxylation is 1. The molecule has 27 heavy (non-hydrogen) atoms. The molecule has 0 aliphatic heterocycles. The molecule has 0 bridgehead atoms. The first-order valence-electron chi connectivity index (χ1n) is 9.33. The normalized spacial score (nSPS) is 14.9. The quantitative estimate of drug-likeness (QED) is 0.731. The number of hydrogen-bond acceptors (Lipinski definition) is 4. The topological polar surface area (TPSA) is 76.9 Å². The van der Waals surface area contributed by atoms with Gasteiger partial charge in [0.05, 0.1) is 16.9 Å². The molecule has 0 saturated heterocycles. The third-order valence-corrected chi connectivity index (χ3v) is 4.93. The molecule has 1 N–H and O–H groups in total. The van der Waals surface area contributed by atoms with Crippen molar-refractivity contribution in [2.45, 2.75) is 44.7 Å². The lowest BCUT2D eigenvalue weighted by Gasteiger charge is -2.15. The van der Waals surface area contributed by atoms with Crippen LogP contribution < -0.4 is 10.9 Å². The van der Waals surface area contributed by atoms with Crippen LogP contribution in [-0.2, 0) is 11.2 Å². The van der Waals surface area contributed by atoms with E-state index in [-0.39, 0.29) is 23.6 Å². The van der Waals surface area contributed by atoms with Gasteiger partial charge in [-0.1, -0.05) is 18.2 Å². The van der Waals surface area contributed by atoms with E-state index in [2.05, 4.69) is 15.3 Å². The highest BCUT2D eigenvalue weighted by molar-refractivity contribution is 5.78. The highest BCUT2D eigenvalue weighted by Crippen LogP contribution is 2.34. The van der Waals surface area contributed by atoms with E-state index in [0.717, 1.165) is 18.4 Å². The summed E-state index contributed by atoms with van der Waals surface area (Å²) in [5.74, 6) is 0.640. The van der Waals surface area contributed by atoms with Crippen molar-refractivity contribution in [2.24, 2.45) is 0 Å². The zero-order valence-electron chi connectivity index (χ0n) is 15.3. The number of fused-ring (bicyclic) bond motifs is 1. The summed E-state index contributed by atoms with van der Waals surface area (Å²) in [5.41, 5.74) is 1.66. The lowest BCUT2D eigenvalue weighted by Crippen LogP contribution is -2.29. The Bertz CT molecular complexity index is 1030. The van der Waals surface area contributed by atoms with E-state index in [0.29, 0.717) is 29.6 Å². The smallest absolute Gasteiger partial charge is 0.261 e. The number of carbonyl (C=O) groups excluding carboxylic acids is 1. The number of pyridine rings is 1. The Balaban J connectivity index is 1.51. The number of nitrogens with one attached hydrogen (secondary N) is 1. The highest BCUT2D eigenvalue weighted by Gasteiger charge is 2.28. The first-order valence-corrected chi connectivity index (χ1v) is 9.33. The summed E-state index contributed by atoms with van der Waals surface area (Å²) < 4.78 is 1.79. The van der Waals surface area contributed by atoms with Crippen LogP contribution in [0.15, 0.2) is 53.6 Å². The first-order chi connectivity index (χ1) is 13.1. The van der Waals surface area contributed by atoms with Gasteiger partial charge in [-0.3, -0.25) is 19.1 Å². The van der Waals surface area contributed by atoms with Crippen LogP contribution in [0.2, 0.25) is 0 Å². The van der Waals surface area contributed by atoms with Gasteiger partial charge in [-0.25, -0.2) is 4.98 Å². The van der Waals surface area contributed by atoms with E-state index in [1.807, 2.05) is 43.3 Å². The van der Waals surface area contributed by atoms with E-state index in [1.54, 1.807) is 17.0 Å². The van der Waals surface area contributed by atoms with Gasteiger partial charge < -0.3 is 5.32 Å². The lowest BCUT2D eigenvalue weighted by atomic mass is 10.1. The van der Waals surface area contributed by atoms with Crippen molar-refractivity contribution in [3.8, 4) is 0 Å². The fourth-order valence-electron chi connectivity index (χ4n) is 3.33. The van der Waals surface area contributed by atoms with Gasteiger partial charge in [0.25, 0.3) is 5.56 Å². The molecular weight excluding hydrogens is 340 g/mol. The molecule has 1 aliphatic rings. The summed E-state index contributed by atoms with van der Waals surface area (Å²) in [6.07, 6.45) is 6.19. The van der Waals surface area contributed by atoms with Crippen LogP contribution in [0.25, 0.3) is 10.9 Å². The van der Waals surface area contributed by atoms with Gasteiger partial charge in [0, 0.05) is 31.3 Å². The van der Waals surface area contributed by atoms with Crippen LogP contribution in [0.1, 0.15) is 49.7 Å². The van der Waals surface area contributed by atoms with Gasteiger partial charge in [-0.2, -0.15) is 0 Å². The Kier molecular flexibility index (Phi) is 4.71. The van der Waals surface area contributed by atoms with Crippen molar-refractivity contribution in [3.63, 3.8) is 0 Å². The third-order valence-electron chi connectivity index (χ3n) is 4.93. The Morgan fingerprint density at radius 1 is 1.26 bits per heavy atom. The molecule has 1 amide bonds. The fourth-order valence-corrected chi connectivity index (χ4v) is 3.33. The molecule has 4 rings (SSSR count). The zero-order valence-corrected chi connectivity index (χ0v) is 15.3. The summed E-state index contributed by atoms with van der Waals surface area (Å²) in [5, 5.41) is 3.63. The zero-order chi connectivity index (χ0) is 18.8. The molecule has 0 radical (unpaired) electrons. The van der Waals surface area contributed by atoms with Gasteiger partial charge in [-0.15, -0.1) is 0 Å². The van der Waals surface area contributed by atoms with Gasteiger partial charge in [0.1, 0.15) is 5.82 Å². The highest BCUT2D eigenvalue weighted by atomic mass is 16.1. The Hall–Kier alpha value is -3.02. The van der Waals surface area contributed by atoms with E-state index >= 15 is 0 Å². The average molecular weight is 362 g/mol. The van der Waals surface area contributed by atoms with Gasteiger partial charge in [-0.05, 0) is 43.5 Å². The molecule has 1 aliphatic carbocycles. The van der Waals surface area contributed by atoms with Crippen molar-refractivity contribution in [2.75, 3.05) is 0 Å². The van der Waals surface area contributed by atoms with E-state index < -0.39 is 0 Å². The van der Waals surface area contributed by atoms with Crippen LogP contribution in [0.3, 0.4) is 0 Å². The Morgan fingerprint density at radius 3 is 2.81 bits per heavy atom. The number of aromatic nitrogens is 3. The number of rotatable bonds is 6. The van der Waals surface area contributed by atoms with Gasteiger partial charge >= 0.3 is 0 Å². The van der Waals surface area contributed by atoms with Crippen LogP contribution in [0.5, 0.6) is 0 Å². The van der Waals surface area contributed by atoms with E-state index in [9.17, 15) is 9.59 Å². The minimum absolute atomic E-state index is 0.00207. The predicted molar refractivity (Wildman–Crippen MR) is 103 cm³/mol. The minimum Gasteiger partial charge on any atom is -0.350 e. The molecule has 1 unspecified atom stereocenters. The Labute approximate surface area is 157 Å². The SMILES string of the molecule is CC(NC(=O)CCc1nc2ccccc2c(=O)n1C1CC1)c1cccnc1. The third kappa shape index (κ3) is 3.74. The molecule has 2 heterocycles. The molecule has 1 atom stereocenters. The summed E-state index contributed by atoms with van der Waals surface area (Å²) in [6.45, 7) is 1.93. The van der Waals surface area contributed by atoms with Crippen LogP contribution >= 0.6 is 0 Å². The second-order valence-electron chi connectivity index (χ2n) is 7.03. The molecule has 6 nitrogen and oxygen atoms in total. The van der Waals surface area contributed by atoms with Crippen LogP contribution in [-0.4, -0.2) is 20.4 Å². The van der Waals surface area contributed by atoms with Crippen molar-refractivity contribution in [1.29, 1.82) is 0 Å². The average Bonchev–Trinajstić information content (AvgIpc) is 3.52. The molecule has 1 fully saturated rings. The Morgan fingerprint density at radius 2 is 2.07 bits per heavy atom. The second kappa shape index (κ2) is 7.31. The maximum absolute atomic E-state index is 12.9. The second-order valence-corrected chi connectivity index (χ2v) is 7.03. The molecule has 1 aromatic carbocycles. The summed E-state index contributed by atoms with van der Waals surface area (Å²) in [6, 6.07) is 11.3. The van der Waals surface area contributed by atoms with E-state index in [4.69, 9.17) is 0 Å². The number of benzene rings is 1. The lowest BCUT2D eigenvalue weighted by molar-refractivity contribution is -0.121. The van der Waals surface area contributed by atoms with Gasteiger partial charge in [0.15, 0.2) is 0 Å². The summed E-state index contributed by atoms with van der Waals surface area (Å²) in [4.78, 5) is 34.0.